The lowest BCUT2D eigenvalue weighted by atomic mass is 10.1. The molecule has 130 valence electrons. The molecule has 2 N–H and O–H groups in total. The van der Waals surface area contributed by atoms with Gasteiger partial charge >= 0.3 is 6.03 Å². The first kappa shape index (κ1) is 17.0. The number of nitrogens with one attached hydrogen (secondary N) is 2. The van der Waals surface area contributed by atoms with E-state index in [1.165, 1.54) is 6.07 Å². The molecule has 1 saturated heterocycles. The maximum atomic E-state index is 13.5. The predicted molar refractivity (Wildman–Crippen MR) is 93.8 cm³/mol. The number of halogens is 1. The Morgan fingerprint density at radius 3 is 2.60 bits per heavy atom. The van der Waals surface area contributed by atoms with Crippen LogP contribution < -0.4 is 15.5 Å². The quantitative estimate of drug-likeness (QED) is 0.878. The highest BCUT2D eigenvalue weighted by atomic mass is 19.1. The maximum Gasteiger partial charge on any atom is 0.315 e. The van der Waals surface area contributed by atoms with Crippen molar-refractivity contribution in [3.05, 3.63) is 66.0 Å². The number of nitrogens with zero attached hydrogens (tertiary/aromatic N) is 1. The number of benzene rings is 2. The summed E-state index contributed by atoms with van der Waals surface area (Å²) >= 11 is 0. The van der Waals surface area contributed by atoms with Crippen molar-refractivity contribution in [2.45, 2.75) is 18.9 Å². The van der Waals surface area contributed by atoms with Crippen LogP contribution in [0.1, 0.15) is 12.0 Å². The zero-order valence-corrected chi connectivity index (χ0v) is 13.7. The van der Waals surface area contributed by atoms with E-state index in [1.807, 2.05) is 30.3 Å². The number of hydrogen-bond donors (Lipinski definition) is 2. The van der Waals surface area contributed by atoms with E-state index in [2.05, 4.69) is 10.6 Å². The molecular weight excluding hydrogens is 321 g/mol. The third kappa shape index (κ3) is 4.35. The standard InChI is InChI=1S/C19H20FN3O2/c20-17-9-5-4-6-14(17)10-11-21-19(25)22-15-12-18(24)23(13-15)16-7-2-1-3-8-16/h1-9,15H,10-13H2,(H2,21,22,25). The number of urea groups is 1. The van der Waals surface area contributed by atoms with Crippen LogP contribution in [-0.4, -0.2) is 31.1 Å². The second-order valence-electron chi connectivity index (χ2n) is 5.98. The molecule has 3 amide bonds. The summed E-state index contributed by atoms with van der Waals surface area (Å²) in [5.41, 5.74) is 1.39. The average Bonchev–Trinajstić information content (AvgIpc) is 2.97. The van der Waals surface area contributed by atoms with Crippen LogP contribution >= 0.6 is 0 Å². The molecule has 0 bridgehead atoms. The number of para-hydroxylation sites is 1. The average molecular weight is 341 g/mol. The first-order valence-corrected chi connectivity index (χ1v) is 8.26. The van der Waals surface area contributed by atoms with Gasteiger partial charge in [0.05, 0.1) is 6.04 Å². The van der Waals surface area contributed by atoms with Crippen LogP contribution in [0, 0.1) is 5.82 Å². The van der Waals surface area contributed by atoms with Gasteiger partial charge in [-0.2, -0.15) is 0 Å². The summed E-state index contributed by atoms with van der Waals surface area (Å²) in [6.07, 6.45) is 0.690. The fourth-order valence-corrected chi connectivity index (χ4v) is 2.91. The lowest BCUT2D eigenvalue weighted by Crippen LogP contribution is -2.44. The van der Waals surface area contributed by atoms with Gasteiger partial charge in [0.15, 0.2) is 0 Å². The lowest BCUT2D eigenvalue weighted by molar-refractivity contribution is -0.117. The van der Waals surface area contributed by atoms with Crippen molar-refractivity contribution < 1.29 is 14.0 Å². The molecular formula is C19H20FN3O2. The highest BCUT2D eigenvalue weighted by molar-refractivity contribution is 5.96. The molecule has 3 rings (SSSR count). The van der Waals surface area contributed by atoms with Crippen molar-refractivity contribution in [1.82, 2.24) is 10.6 Å². The SMILES string of the molecule is O=C(NCCc1ccccc1F)NC1CC(=O)N(c2ccccc2)C1. The second-order valence-corrected chi connectivity index (χ2v) is 5.98. The van der Waals surface area contributed by atoms with Gasteiger partial charge in [-0.25, -0.2) is 9.18 Å². The molecule has 5 nitrogen and oxygen atoms in total. The lowest BCUT2D eigenvalue weighted by Gasteiger charge is -2.17. The number of hydrogen-bond acceptors (Lipinski definition) is 2. The van der Waals surface area contributed by atoms with E-state index in [0.717, 1.165) is 5.69 Å². The largest absolute Gasteiger partial charge is 0.338 e. The molecule has 0 spiro atoms. The van der Waals surface area contributed by atoms with Gasteiger partial charge in [0.25, 0.3) is 0 Å². The summed E-state index contributed by atoms with van der Waals surface area (Å²) in [6.45, 7) is 0.777. The molecule has 1 aliphatic rings. The highest BCUT2D eigenvalue weighted by Gasteiger charge is 2.31. The van der Waals surface area contributed by atoms with Gasteiger partial charge in [0.2, 0.25) is 5.91 Å². The van der Waals surface area contributed by atoms with E-state index in [4.69, 9.17) is 0 Å². The number of rotatable bonds is 5. The molecule has 0 radical (unpaired) electrons. The Morgan fingerprint density at radius 2 is 1.84 bits per heavy atom. The van der Waals surface area contributed by atoms with E-state index >= 15 is 0 Å². The number of amides is 3. The Balaban J connectivity index is 1.46. The molecule has 1 heterocycles. The van der Waals surface area contributed by atoms with Crippen LogP contribution in [0.3, 0.4) is 0 Å². The Hall–Kier alpha value is -2.89. The van der Waals surface area contributed by atoms with Crippen molar-refractivity contribution in [2.24, 2.45) is 0 Å². The van der Waals surface area contributed by atoms with Crippen LogP contribution in [0.5, 0.6) is 0 Å². The van der Waals surface area contributed by atoms with Crippen molar-refractivity contribution in [1.29, 1.82) is 0 Å². The van der Waals surface area contributed by atoms with Crippen molar-refractivity contribution in [3.8, 4) is 0 Å². The van der Waals surface area contributed by atoms with E-state index in [-0.39, 0.29) is 30.2 Å². The summed E-state index contributed by atoms with van der Waals surface area (Å²) < 4.78 is 13.5. The minimum Gasteiger partial charge on any atom is -0.338 e. The summed E-state index contributed by atoms with van der Waals surface area (Å²) in [6, 6.07) is 15.3. The predicted octanol–water partition coefficient (Wildman–Crippen LogP) is 2.47. The zero-order valence-electron chi connectivity index (χ0n) is 13.7. The molecule has 0 aromatic heterocycles. The van der Waals surface area contributed by atoms with Gasteiger partial charge in [0, 0.05) is 25.2 Å². The zero-order chi connectivity index (χ0) is 17.6. The Labute approximate surface area is 145 Å². The van der Waals surface area contributed by atoms with Crippen LogP contribution in [0.4, 0.5) is 14.9 Å². The molecule has 0 saturated carbocycles. The second kappa shape index (κ2) is 7.79. The third-order valence-corrected chi connectivity index (χ3v) is 4.17. The molecule has 2 aromatic carbocycles. The Bertz CT molecular complexity index is 751. The van der Waals surface area contributed by atoms with Crippen LogP contribution in [0.15, 0.2) is 54.6 Å². The van der Waals surface area contributed by atoms with Crippen LogP contribution in [0.2, 0.25) is 0 Å². The third-order valence-electron chi connectivity index (χ3n) is 4.17. The van der Waals surface area contributed by atoms with Gasteiger partial charge in [0.1, 0.15) is 5.82 Å². The monoisotopic (exact) mass is 341 g/mol. The topological polar surface area (TPSA) is 61.4 Å². The van der Waals surface area contributed by atoms with Gasteiger partial charge in [-0.1, -0.05) is 36.4 Å². The fraction of sp³-hybridized carbons (Fsp3) is 0.263. The summed E-state index contributed by atoms with van der Waals surface area (Å²) in [4.78, 5) is 25.8. The molecule has 1 aliphatic heterocycles. The van der Waals surface area contributed by atoms with Gasteiger partial charge in [-0.05, 0) is 30.2 Å². The van der Waals surface area contributed by atoms with E-state index in [1.54, 1.807) is 23.1 Å². The molecule has 2 aromatic rings. The Kier molecular flexibility index (Phi) is 5.28. The fourth-order valence-electron chi connectivity index (χ4n) is 2.91. The Morgan fingerprint density at radius 1 is 1.12 bits per heavy atom. The molecule has 1 atom stereocenters. The van der Waals surface area contributed by atoms with Gasteiger partial charge < -0.3 is 15.5 Å². The van der Waals surface area contributed by atoms with Crippen molar-refractivity contribution in [2.75, 3.05) is 18.0 Å². The first-order chi connectivity index (χ1) is 12.1. The van der Waals surface area contributed by atoms with E-state index in [0.29, 0.717) is 25.1 Å². The summed E-state index contributed by atoms with van der Waals surface area (Å²) in [7, 11) is 0. The first-order valence-electron chi connectivity index (χ1n) is 8.26. The summed E-state index contributed by atoms with van der Waals surface area (Å²) in [5, 5.41) is 5.51. The minimum atomic E-state index is -0.343. The van der Waals surface area contributed by atoms with Crippen molar-refractivity contribution >= 4 is 17.6 Å². The molecule has 6 heteroatoms. The van der Waals surface area contributed by atoms with Gasteiger partial charge in [-0.3, -0.25) is 4.79 Å². The van der Waals surface area contributed by atoms with Gasteiger partial charge in [-0.15, -0.1) is 0 Å². The molecule has 1 unspecified atom stereocenters. The highest BCUT2D eigenvalue weighted by Crippen LogP contribution is 2.20. The van der Waals surface area contributed by atoms with E-state index < -0.39 is 0 Å². The maximum absolute atomic E-state index is 13.5. The molecule has 0 aliphatic carbocycles. The number of anilines is 1. The molecule has 25 heavy (non-hydrogen) atoms. The number of carbonyl (C=O) groups is 2. The van der Waals surface area contributed by atoms with Crippen molar-refractivity contribution in [3.63, 3.8) is 0 Å². The molecule has 1 fully saturated rings. The number of carbonyl (C=O) groups excluding carboxylic acids is 2. The smallest absolute Gasteiger partial charge is 0.315 e. The van der Waals surface area contributed by atoms with E-state index in [9.17, 15) is 14.0 Å². The normalized spacial score (nSPS) is 16.8. The van der Waals surface area contributed by atoms with Crippen LogP contribution in [0.25, 0.3) is 0 Å². The minimum absolute atomic E-state index is 0.0112. The summed E-state index contributed by atoms with van der Waals surface area (Å²) in [5.74, 6) is -0.285. The van der Waals surface area contributed by atoms with Crippen LogP contribution in [-0.2, 0) is 11.2 Å².